The number of aromatic nitrogens is 1. The second-order valence-corrected chi connectivity index (χ2v) is 5.56. The van der Waals surface area contributed by atoms with Crippen molar-refractivity contribution in [3.63, 3.8) is 0 Å². The molecule has 114 valence electrons. The molecule has 0 unspecified atom stereocenters. The molecule has 1 N–H and O–H groups in total. The minimum atomic E-state index is 0. The molecule has 2 aliphatic rings. The van der Waals surface area contributed by atoms with Crippen LogP contribution in [0.25, 0.3) is 0 Å². The van der Waals surface area contributed by atoms with E-state index in [1.54, 1.807) is 0 Å². The van der Waals surface area contributed by atoms with Gasteiger partial charge in [-0.3, -0.25) is 9.88 Å². The monoisotopic (exact) mass is 317 g/mol. The maximum atomic E-state index is 4.33. The van der Waals surface area contributed by atoms with E-state index < -0.39 is 0 Å². The summed E-state index contributed by atoms with van der Waals surface area (Å²) in [5.41, 5.74) is 1.42. The first kappa shape index (κ1) is 17.7. The lowest BCUT2D eigenvalue weighted by Crippen LogP contribution is -2.46. The van der Waals surface area contributed by atoms with Crippen LogP contribution in [0.5, 0.6) is 0 Å². The van der Waals surface area contributed by atoms with Gasteiger partial charge in [-0.05, 0) is 30.4 Å². The van der Waals surface area contributed by atoms with Gasteiger partial charge in [-0.15, -0.1) is 24.8 Å². The van der Waals surface area contributed by atoms with Crippen LogP contribution < -0.4 is 5.32 Å². The van der Waals surface area contributed by atoms with Crippen LogP contribution in [0.4, 0.5) is 0 Å². The first-order valence-corrected chi connectivity index (χ1v) is 7.30. The average Bonchev–Trinajstić information content (AvgIpc) is 2.95. The van der Waals surface area contributed by atoms with Crippen LogP contribution in [0.2, 0.25) is 0 Å². The molecule has 3 nitrogen and oxygen atoms in total. The van der Waals surface area contributed by atoms with Crippen LogP contribution in [0, 0.1) is 5.92 Å². The Hall–Kier alpha value is -0.350. The zero-order valence-corrected chi connectivity index (χ0v) is 13.5. The quantitative estimate of drug-likeness (QED) is 0.928. The normalized spacial score (nSPS) is 21.8. The molecule has 20 heavy (non-hydrogen) atoms. The summed E-state index contributed by atoms with van der Waals surface area (Å²) in [4.78, 5) is 7.00. The molecule has 2 fully saturated rings. The van der Waals surface area contributed by atoms with Crippen molar-refractivity contribution in [1.82, 2.24) is 15.2 Å². The molecule has 5 heteroatoms. The maximum Gasteiger partial charge on any atom is 0.0392 e. The number of halogens is 2. The van der Waals surface area contributed by atoms with Crippen LogP contribution in [0.15, 0.2) is 24.5 Å². The van der Waals surface area contributed by atoms with E-state index in [1.807, 2.05) is 6.20 Å². The summed E-state index contributed by atoms with van der Waals surface area (Å²) in [7, 11) is 0. The molecule has 0 bridgehead atoms. The van der Waals surface area contributed by atoms with Gasteiger partial charge in [-0.25, -0.2) is 0 Å². The number of hydrogen-bond donors (Lipinski definition) is 1. The van der Waals surface area contributed by atoms with Crippen LogP contribution in [0.3, 0.4) is 0 Å². The third kappa shape index (κ3) is 4.08. The highest BCUT2D eigenvalue weighted by Crippen LogP contribution is 2.39. The molecule has 0 radical (unpaired) electrons. The van der Waals surface area contributed by atoms with E-state index >= 15 is 0 Å². The van der Waals surface area contributed by atoms with Gasteiger partial charge >= 0.3 is 0 Å². The minimum Gasteiger partial charge on any atom is -0.314 e. The summed E-state index contributed by atoms with van der Waals surface area (Å²) in [6.07, 6.45) is 9.56. The fraction of sp³-hybridized carbons (Fsp3) is 0.667. The van der Waals surface area contributed by atoms with Crippen LogP contribution in [-0.4, -0.2) is 36.1 Å². The van der Waals surface area contributed by atoms with Gasteiger partial charge < -0.3 is 5.32 Å². The maximum absolute atomic E-state index is 4.33. The third-order valence-electron chi connectivity index (χ3n) is 4.42. The van der Waals surface area contributed by atoms with E-state index in [1.165, 1.54) is 44.3 Å². The van der Waals surface area contributed by atoms with E-state index in [4.69, 9.17) is 0 Å². The first-order chi connectivity index (χ1) is 8.95. The number of nitrogens with zero attached hydrogens (tertiary/aromatic N) is 2. The topological polar surface area (TPSA) is 28.2 Å². The Morgan fingerprint density at radius 1 is 1.15 bits per heavy atom. The standard InChI is InChI=1S/C15H23N3.2ClH/c1-2-5-13(4-1)15(14-6-3-7-17-12-14)18-10-8-16-9-11-18;;/h3,6-7,12-13,15-16H,1-2,4-5,8-11H2;2*1H/t15-;;/m1../s1. The zero-order chi connectivity index (χ0) is 12.2. The minimum absolute atomic E-state index is 0. The van der Waals surface area contributed by atoms with Crippen LogP contribution in [-0.2, 0) is 0 Å². The largest absolute Gasteiger partial charge is 0.314 e. The molecule has 1 aromatic rings. The van der Waals surface area contributed by atoms with Crippen LogP contribution >= 0.6 is 24.8 Å². The highest BCUT2D eigenvalue weighted by atomic mass is 35.5. The van der Waals surface area contributed by atoms with Gasteiger partial charge in [0.25, 0.3) is 0 Å². The van der Waals surface area contributed by atoms with Gasteiger partial charge in [0.2, 0.25) is 0 Å². The van der Waals surface area contributed by atoms with Crippen molar-refractivity contribution < 1.29 is 0 Å². The van der Waals surface area contributed by atoms with Gasteiger partial charge in [0.05, 0.1) is 0 Å². The van der Waals surface area contributed by atoms with E-state index in [0.29, 0.717) is 6.04 Å². The molecule has 0 spiro atoms. The summed E-state index contributed by atoms with van der Waals surface area (Å²) in [6, 6.07) is 4.95. The van der Waals surface area contributed by atoms with Crippen molar-refractivity contribution in [3.8, 4) is 0 Å². The molecule has 0 aromatic carbocycles. The predicted octanol–water partition coefficient (Wildman–Crippen LogP) is 3.06. The molecule has 3 rings (SSSR count). The number of pyridine rings is 1. The van der Waals surface area contributed by atoms with Gasteiger partial charge in [0.1, 0.15) is 0 Å². The Balaban J connectivity index is 0.000001000. The van der Waals surface area contributed by atoms with Crippen molar-refractivity contribution >= 4 is 24.8 Å². The third-order valence-corrected chi connectivity index (χ3v) is 4.42. The number of piperazine rings is 1. The molecular formula is C15H25Cl2N3. The lowest BCUT2D eigenvalue weighted by molar-refractivity contribution is 0.125. The molecule has 1 aliphatic heterocycles. The molecule has 0 amide bonds. The summed E-state index contributed by atoms with van der Waals surface area (Å²) in [5, 5.41) is 3.45. The van der Waals surface area contributed by atoms with Gasteiger partial charge in [0.15, 0.2) is 0 Å². The van der Waals surface area contributed by atoms with Gasteiger partial charge in [0, 0.05) is 44.6 Å². The molecule has 2 heterocycles. The smallest absolute Gasteiger partial charge is 0.0392 e. The van der Waals surface area contributed by atoms with Crippen molar-refractivity contribution in [2.75, 3.05) is 26.2 Å². The van der Waals surface area contributed by atoms with Crippen molar-refractivity contribution in [2.24, 2.45) is 5.92 Å². The Morgan fingerprint density at radius 3 is 2.45 bits per heavy atom. The summed E-state index contributed by atoms with van der Waals surface area (Å²) in [5.74, 6) is 0.840. The van der Waals surface area contributed by atoms with E-state index in [2.05, 4.69) is 33.5 Å². The Labute approximate surface area is 134 Å². The number of nitrogens with one attached hydrogen (secondary N) is 1. The van der Waals surface area contributed by atoms with E-state index in [-0.39, 0.29) is 24.8 Å². The first-order valence-electron chi connectivity index (χ1n) is 7.30. The Morgan fingerprint density at radius 2 is 1.85 bits per heavy atom. The number of hydrogen-bond acceptors (Lipinski definition) is 3. The lowest BCUT2D eigenvalue weighted by Gasteiger charge is -2.38. The van der Waals surface area contributed by atoms with E-state index in [0.717, 1.165) is 19.0 Å². The van der Waals surface area contributed by atoms with Crippen molar-refractivity contribution in [1.29, 1.82) is 0 Å². The fourth-order valence-electron chi connectivity index (χ4n) is 3.57. The second kappa shape index (κ2) is 8.83. The number of rotatable bonds is 3. The van der Waals surface area contributed by atoms with Gasteiger partial charge in [-0.2, -0.15) is 0 Å². The predicted molar refractivity (Wildman–Crippen MR) is 87.9 cm³/mol. The average molecular weight is 318 g/mol. The Kier molecular flexibility index (Phi) is 7.82. The summed E-state index contributed by atoms with van der Waals surface area (Å²) in [6.45, 7) is 4.61. The summed E-state index contributed by atoms with van der Waals surface area (Å²) < 4.78 is 0. The van der Waals surface area contributed by atoms with Gasteiger partial charge in [-0.1, -0.05) is 18.9 Å². The second-order valence-electron chi connectivity index (χ2n) is 5.56. The fourth-order valence-corrected chi connectivity index (χ4v) is 3.57. The SMILES string of the molecule is Cl.Cl.c1cncc([C@@H](C2CCCC2)N2CCNCC2)c1. The lowest BCUT2D eigenvalue weighted by atomic mass is 9.90. The van der Waals surface area contributed by atoms with E-state index in [9.17, 15) is 0 Å². The molecule has 1 saturated carbocycles. The van der Waals surface area contributed by atoms with Crippen molar-refractivity contribution in [3.05, 3.63) is 30.1 Å². The molecule has 1 aliphatic carbocycles. The highest BCUT2D eigenvalue weighted by molar-refractivity contribution is 5.85. The molecule has 1 saturated heterocycles. The molecule has 1 aromatic heterocycles. The zero-order valence-electron chi connectivity index (χ0n) is 11.8. The van der Waals surface area contributed by atoms with Crippen LogP contribution in [0.1, 0.15) is 37.3 Å². The van der Waals surface area contributed by atoms with Crippen molar-refractivity contribution in [2.45, 2.75) is 31.7 Å². The Bertz CT molecular complexity index is 363. The summed E-state index contributed by atoms with van der Waals surface area (Å²) >= 11 is 0. The molecule has 1 atom stereocenters. The highest BCUT2D eigenvalue weighted by Gasteiger charge is 2.31. The molecular weight excluding hydrogens is 293 g/mol.